The molecule has 0 atom stereocenters. The fourth-order valence-corrected chi connectivity index (χ4v) is 3.04. The van der Waals surface area contributed by atoms with Crippen molar-refractivity contribution in [3.05, 3.63) is 22.8 Å². The molecule has 0 heterocycles. The molecule has 1 aliphatic carbocycles. The van der Waals surface area contributed by atoms with Crippen molar-refractivity contribution in [2.24, 2.45) is 5.41 Å². The second-order valence-electron chi connectivity index (χ2n) is 4.41. The van der Waals surface area contributed by atoms with Crippen LogP contribution in [0.4, 0.5) is 0 Å². The van der Waals surface area contributed by atoms with E-state index < -0.39 is 0 Å². The standard InChI is InChI=1S/C15H25.3ClH.Hf/c1-6-12-11-15(9-4,10-5)14(8-3)13(12)7-2;;;;/h6-10H2,1-5H3;3*1H;/q-1;;;;+4/p-3. The van der Waals surface area contributed by atoms with Crippen molar-refractivity contribution in [2.45, 2.75) is 66.7 Å². The van der Waals surface area contributed by atoms with Crippen LogP contribution < -0.4 is 37.2 Å². The number of rotatable bonds is 5. The monoisotopic (exact) mass is 490 g/mol. The van der Waals surface area contributed by atoms with Gasteiger partial charge in [-0.1, -0.05) is 72.1 Å². The van der Waals surface area contributed by atoms with E-state index in [-0.39, 0.29) is 68.5 Å². The van der Waals surface area contributed by atoms with Crippen LogP contribution in [-0.2, 0) is 25.8 Å². The van der Waals surface area contributed by atoms with Crippen LogP contribution in [0.25, 0.3) is 0 Å². The van der Waals surface area contributed by atoms with E-state index >= 15 is 0 Å². The van der Waals surface area contributed by atoms with Gasteiger partial charge in [-0.15, -0.1) is 0 Å². The second kappa shape index (κ2) is 12.9. The molecule has 0 N–H and O–H groups in total. The number of hydrogen-bond acceptors (Lipinski definition) is 0. The Labute approximate surface area is 157 Å². The van der Waals surface area contributed by atoms with Gasteiger partial charge in [-0.05, 0) is 0 Å². The molecule has 1 rings (SSSR count). The molecule has 4 heteroatoms. The summed E-state index contributed by atoms with van der Waals surface area (Å²) >= 11 is 0. The van der Waals surface area contributed by atoms with Gasteiger partial charge in [-0.2, -0.15) is 11.1 Å². The van der Waals surface area contributed by atoms with Crippen LogP contribution in [0.3, 0.4) is 0 Å². The quantitative estimate of drug-likeness (QED) is 0.273. The van der Waals surface area contributed by atoms with Crippen LogP contribution in [0.5, 0.6) is 0 Å². The molecule has 0 saturated carbocycles. The molecular weight excluding hydrogens is 465 g/mol. The largest absolute Gasteiger partial charge is 4.00 e. The zero-order chi connectivity index (χ0) is 11.5. The molecule has 0 bridgehead atoms. The van der Waals surface area contributed by atoms with Crippen LogP contribution in [0, 0.1) is 11.5 Å². The third kappa shape index (κ3) is 5.49. The van der Waals surface area contributed by atoms with Crippen LogP contribution in [0.1, 0.15) is 66.7 Å². The number of halogens is 3. The van der Waals surface area contributed by atoms with Gasteiger partial charge in [0.1, 0.15) is 0 Å². The third-order valence-corrected chi connectivity index (χ3v) is 3.96. The average Bonchev–Trinajstić information content (AvgIpc) is 2.62. The molecule has 0 spiro atoms. The van der Waals surface area contributed by atoms with E-state index in [0.29, 0.717) is 0 Å². The summed E-state index contributed by atoms with van der Waals surface area (Å²) in [5.41, 5.74) is 5.07. The molecular formula is C15H25Cl3Hf. The Morgan fingerprint density at radius 1 is 0.789 bits per heavy atom. The molecule has 0 aliphatic heterocycles. The zero-order valence-corrected chi connectivity index (χ0v) is 18.5. The first-order chi connectivity index (χ1) is 7.18. The summed E-state index contributed by atoms with van der Waals surface area (Å²) in [5, 5.41) is 0. The summed E-state index contributed by atoms with van der Waals surface area (Å²) in [4.78, 5) is 0. The summed E-state index contributed by atoms with van der Waals surface area (Å²) in [6.45, 7) is 11.4. The third-order valence-electron chi connectivity index (χ3n) is 3.96. The van der Waals surface area contributed by atoms with Gasteiger partial charge in [-0.3, -0.25) is 6.08 Å². The minimum atomic E-state index is 0. The molecule has 0 nitrogen and oxygen atoms in total. The summed E-state index contributed by atoms with van der Waals surface area (Å²) in [6, 6.07) is 0. The van der Waals surface area contributed by atoms with Crippen molar-refractivity contribution in [1.29, 1.82) is 0 Å². The van der Waals surface area contributed by atoms with E-state index in [2.05, 4.69) is 40.7 Å². The first-order valence-electron chi connectivity index (χ1n) is 6.55. The van der Waals surface area contributed by atoms with Crippen LogP contribution in [0.2, 0.25) is 0 Å². The van der Waals surface area contributed by atoms with Gasteiger partial charge in [0, 0.05) is 0 Å². The Kier molecular flexibility index (Phi) is 19.3. The van der Waals surface area contributed by atoms with Gasteiger partial charge >= 0.3 is 25.8 Å². The number of allylic oxidation sites excluding steroid dienone is 4. The van der Waals surface area contributed by atoms with Crippen molar-refractivity contribution in [2.75, 3.05) is 0 Å². The first kappa shape index (κ1) is 28.4. The molecule has 0 radical (unpaired) electrons. The van der Waals surface area contributed by atoms with E-state index in [1.165, 1.54) is 31.3 Å². The van der Waals surface area contributed by atoms with Crippen molar-refractivity contribution >= 4 is 0 Å². The summed E-state index contributed by atoms with van der Waals surface area (Å²) in [6.07, 6.45) is 9.74. The van der Waals surface area contributed by atoms with Gasteiger partial charge in [0.15, 0.2) is 0 Å². The van der Waals surface area contributed by atoms with Crippen LogP contribution >= 0.6 is 0 Å². The SMILES string of the molecule is CCC1=[C-]C(CC)(CC)C(CC)=C1CC.[Cl-].[Cl-].[Cl-].[Hf+4]. The van der Waals surface area contributed by atoms with E-state index in [1.54, 1.807) is 11.1 Å². The van der Waals surface area contributed by atoms with Crippen molar-refractivity contribution in [3.63, 3.8) is 0 Å². The molecule has 0 aromatic carbocycles. The Balaban J connectivity index is -0.000000281. The Morgan fingerprint density at radius 3 is 1.53 bits per heavy atom. The minimum Gasteiger partial charge on any atom is -1.00 e. The van der Waals surface area contributed by atoms with Gasteiger partial charge in [0.05, 0.1) is 0 Å². The van der Waals surface area contributed by atoms with Crippen LogP contribution in [-0.4, -0.2) is 0 Å². The molecule has 0 amide bonds. The molecule has 110 valence electrons. The molecule has 19 heavy (non-hydrogen) atoms. The normalized spacial score (nSPS) is 15.5. The van der Waals surface area contributed by atoms with E-state index in [1.807, 2.05) is 0 Å². The molecule has 1 aliphatic rings. The predicted octanol–water partition coefficient (Wildman–Crippen LogP) is -3.93. The molecule has 0 fully saturated rings. The number of hydrogen-bond donors (Lipinski definition) is 0. The van der Waals surface area contributed by atoms with Gasteiger partial charge in [0.2, 0.25) is 0 Å². The Morgan fingerprint density at radius 2 is 1.26 bits per heavy atom. The van der Waals surface area contributed by atoms with Gasteiger partial charge < -0.3 is 37.2 Å². The zero-order valence-electron chi connectivity index (χ0n) is 12.7. The van der Waals surface area contributed by atoms with E-state index in [4.69, 9.17) is 0 Å². The summed E-state index contributed by atoms with van der Waals surface area (Å²) in [5.74, 6) is 0. The van der Waals surface area contributed by atoms with Crippen LogP contribution in [0.15, 0.2) is 16.7 Å². The molecule has 0 unspecified atom stereocenters. The Bertz CT molecular complexity index is 292. The van der Waals surface area contributed by atoms with Gasteiger partial charge in [-0.25, -0.2) is 5.57 Å². The summed E-state index contributed by atoms with van der Waals surface area (Å²) < 4.78 is 0. The van der Waals surface area contributed by atoms with Crippen molar-refractivity contribution in [1.82, 2.24) is 0 Å². The smallest absolute Gasteiger partial charge is 1.00 e. The maximum absolute atomic E-state index is 3.80. The fourth-order valence-electron chi connectivity index (χ4n) is 3.04. The van der Waals surface area contributed by atoms with Crippen molar-refractivity contribution in [3.8, 4) is 0 Å². The van der Waals surface area contributed by atoms with Gasteiger partial charge in [0.25, 0.3) is 0 Å². The summed E-state index contributed by atoms with van der Waals surface area (Å²) in [7, 11) is 0. The maximum atomic E-state index is 3.80. The van der Waals surface area contributed by atoms with E-state index in [0.717, 1.165) is 6.42 Å². The predicted molar refractivity (Wildman–Crippen MR) is 67.7 cm³/mol. The average molecular weight is 490 g/mol. The minimum absolute atomic E-state index is 0. The maximum Gasteiger partial charge on any atom is 4.00 e. The van der Waals surface area contributed by atoms with Crippen molar-refractivity contribution < 1.29 is 63.1 Å². The topological polar surface area (TPSA) is 0 Å². The Hall–Kier alpha value is 1.22. The first-order valence-corrected chi connectivity index (χ1v) is 6.55. The molecule has 0 aromatic rings. The second-order valence-corrected chi connectivity index (χ2v) is 4.41. The molecule has 0 aromatic heterocycles. The molecule has 0 saturated heterocycles. The fraction of sp³-hybridized carbons (Fsp3) is 0.733. The van der Waals surface area contributed by atoms with E-state index in [9.17, 15) is 0 Å².